The smallest absolute Gasteiger partial charge is 0.261 e. The Morgan fingerprint density at radius 1 is 1.32 bits per heavy atom. The molecular weight excluding hydrogens is 260 g/mol. The minimum absolute atomic E-state index is 0.0100. The first-order valence-electron chi connectivity index (χ1n) is 6.03. The van der Waals surface area contributed by atoms with Gasteiger partial charge in [-0.25, -0.2) is 4.98 Å². The van der Waals surface area contributed by atoms with Crippen molar-refractivity contribution in [3.05, 3.63) is 40.7 Å². The van der Waals surface area contributed by atoms with E-state index in [9.17, 15) is 4.79 Å². The molecule has 0 bridgehead atoms. The summed E-state index contributed by atoms with van der Waals surface area (Å²) in [7, 11) is 0. The summed E-state index contributed by atoms with van der Waals surface area (Å²) >= 11 is 1.45. The lowest BCUT2D eigenvalue weighted by molar-refractivity contribution is 0.0957. The van der Waals surface area contributed by atoms with Crippen LogP contribution in [0.4, 0.5) is 11.5 Å². The zero-order valence-electron chi connectivity index (χ0n) is 10.4. The molecule has 5 nitrogen and oxygen atoms in total. The molecule has 4 N–H and O–H groups in total. The van der Waals surface area contributed by atoms with Gasteiger partial charge < -0.3 is 16.4 Å². The Morgan fingerprint density at radius 3 is 2.89 bits per heavy atom. The predicted octanol–water partition coefficient (Wildman–Crippen LogP) is 1.96. The van der Waals surface area contributed by atoms with Gasteiger partial charge in [-0.2, -0.15) is 0 Å². The van der Waals surface area contributed by atoms with E-state index in [1.54, 1.807) is 12.3 Å². The highest BCUT2D eigenvalue weighted by Crippen LogP contribution is 2.08. The van der Waals surface area contributed by atoms with Crippen LogP contribution in [-0.4, -0.2) is 24.0 Å². The number of pyridine rings is 1. The summed E-state index contributed by atoms with van der Waals surface area (Å²) in [5, 5.41) is 7.98. The van der Waals surface area contributed by atoms with Gasteiger partial charge in [0.1, 0.15) is 5.82 Å². The molecule has 0 radical (unpaired) electrons. The van der Waals surface area contributed by atoms with Gasteiger partial charge in [-0.05, 0) is 30.0 Å². The third-order valence-corrected chi connectivity index (χ3v) is 3.37. The van der Waals surface area contributed by atoms with Crippen molar-refractivity contribution in [1.82, 2.24) is 10.3 Å². The van der Waals surface area contributed by atoms with Crippen molar-refractivity contribution in [2.45, 2.75) is 6.42 Å². The number of carbonyl (C=O) groups is 1. The fourth-order valence-corrected chi connectivity index (χ4v) is 2.17. The Hall–Kier alpha value is -2.08. The molecule has 2 aromatic rings. The molecule has 2 heterocycles. The first kappa shape index (κ1) is 13.4. The molecule has 0 aliphatic carbocycles. The van der Waals surface area contributed by atoms with Gasteiger partial charge in [-0.3, -0.25) is 4.79 Å². The summed E-state index contributed by atoms with van der Waals surface area (Å²) in [5.74, 6) is 0.498. The van der Waals surface area contributed by atoms with E-state index in [2.05, 4.69) is 15.6 Å². The summed E-state index contributed by atoms with van der Waals surface area (Å²) in [4.78, 5) is 16.4. The minimum atomic E-state index is -0.0100. The Labute approximate surface area is 115 Å². The van der Waals surface area contributed by atoms with Gasteiger partial charge in [0.2, 0.25) is 0 Å². The van der Waals surface area contributed by atoms with Crippen molar-refractivity contribution >= 4 is 28.7 Å². The predicted molar refractivity (Wildman–Crippen MR) is 78.4 cm³/mol. The number of carbonyl (C=O) groups excluding carboxylic acids is 1. The average Bonchev–Trinajstić information content (AvgIpc) is 2.94. The summed E-state index contributed by atoms with van der Waals surface area (Å²) in [5.41, 5.74) is 6.43. The van der Waals surface area contributed by atoms with Crippen LogP contribution in [0, 0.1) is 0 Å². The zero-order chi connectivity index (χ0) is 13.5. The fourth-order valence-electron chi connectivity index (χ4n) is 1.53. The number of nitrogens with two attached hydrogens (primary N) is 1. The lowest BCUT2D eigenvalue weighted by atomic mass is 10.3. The highest BCUT2D eigenvalue weighted by atomic mass is 32.1. The first-order chi connectivity index (χ1) is 9.25. The topological polar surface area (TPSA) is 80.0 Å². The summed E-state index contributed by atoms with van der Waals surface area (Å²) in [6.07, 6.45) is 2.54. The van der Waals surface area contributed by atoms with Gasteiger partial charge in [-0.15, -0.1) is 11.3 Å². The maximum absolute atomic E-state index is 11.6. The van der Waals surface area contributed by atoms with Crippen molar-refractivity contribution in [1.29, 1.82) is 0 Å². The molecule has 0 unspecified atom stereocenters. The second-order valence-electron chi connectivity index (χ2n) is 3.99. The second-order valence-corrected chi connectivity index (χ2v) is 4.93. The van der Waals surface area contributed by atoms with Crippen LogP contribution in [0.3, 0.4) is 0 Å². The number of aromatic nitrogens is 1. The Kier molecular flexibility index (Phi) is 4.74. The van der Waals surface area contributed by atoms with E-state index in [0.717, 1.165) is 23.5 Å². The van der Waals surface area contributed by atoms with Crippen molar-refractivity contribution in [2.24, 2.45) is 0 Å². The Morgan fingerprint density at radius 2 is 2.21 bits per heavy atom. The average molecular weight is 276 g/mol. The van der Waals surface area contributed by atoms with Crippen molar-refractivity contribution in [3.8, 4) is 0 Å². The maximum atomic E-state index is 11.6. The van der Waals surface area contributed by atoms with Crippen molar-refractivity contribution in [2.75, 3.05) is 24.1 Å². The molecule has 0 saturated carbocycles. The van der Waals surface area contributed by atoms with Crippen LogP contribution in [0.25, 0.3) is 0 Å². The molecule has 0 saturated heterocycles. The van der Waals surface area contributed by atoms with Gasteiger partial charge in [-0.1, -0.05) is 6.07 Å². The number of nitrogens with zero attached hydrogens (tertiary/aromatic N) is 1. The Balaban J connectivity index is 1.62. The SMILES string of the molecule is Nc1ccc(NCCCNC(=O)c2cccs2)cn1. The number of hydrogen-bond donors (Lipinski definition) is 3. The van der Waals surface area contributed by atoms with Crippen LogP contribution in [0.2, 0.25) is 0 Å². The van der Waals surface area contributed by atoms with E-state index in [4.69, 9.17) is 5.73 Å². The van der Waals surface area contributed by atoms with E-state index >= 15 is 0 Å². The van der Waals surface area contributed by atoms with Crippen LogP contribution in [0.1, 0.15) is 16.1 Å². The van der Waals surface area contributed by atoms with E-state index < -0.39 is 0 Å². The number of nitrogens with one attached hydrogen (secondary N) is 2. The van der Waals surface area contributed by atoms with Gasteiger partial charge in [0, 0.05) is 13.1 Å². The highest BCUT2D eigenvalue weighted by Gasteiger charge is 2.04. The second kappa shape index (κ2) is 6.75. The fraction of sp³-hybridized carbons (Fsp3) is 0.231. The molecular formula is C13H16N4OS. The van der Waals surface area contributed by atoms with E-state index in [-0.39, 0.29) is 5.91 Å². The van der Waals surface area contributed by atoms with Gasteiger partial charge in [0.15, 0.2) is 0 Å². The summed E-state index contributed by atoms with van der Waals surface area (Å²) in [6.45, 7) is 1.42. The lowest BCUT2D eigenvalue weighted by Crippen LogP contribution is -2.25. The largest absolute Gasteiger partial charge is 0.384 e. The van der Waals surface area contributed by atoms with Crippen LogP contribution in [-0.2, 0) is 0 Å². The number of amides is 1. The molecule has 6 heteroatoms. The molecule has 0 spiro atoms. The molecule has 1 amide bonds. The number of thiophene rings is 1. The molecule has 0 atom stereocenters. The van der Waals surface area contributed by atoms with Crippen molar-refractivity contribution < 1.29 is 4.79 Å². The number of rotatable bonds is 6. The monoisotopic (exact) mass is 276 g/mol. The van der Waals surface area contributed by atoms with E-state index in [1.807, 2.05) is 23.6 Å². The standard InChI is InChI=1S/C13H16N4OS/c14-12-5-4-10(9-17-12)15-6-2-7-16-13(18)11-3-1-8-19-11/h1,3-5,8-9,15H,2,6-7H2,(H2,14,17)(H,16,18). The molecule has 0 aliphatic rings. The van der Waals surface area contributed by atoms with Gasteiger partial charge in [0.05, 0.1) is 16.8 Å². The normalized spacial score (nSPS) is 10.1. The number of anilines is 2. The molecule has 0 aromatic carbocycles. The van der Waals surface area contributed by atoms with Crippen LogP contribution in [0.5, 0.6) is 0 Å². The highest BCUT2D eigenvalue weighted by molar-refractivity contribution is 7.12. The third-order valence-electron chi connectivity index (χ3n) is 2.50. The summed E-state index contributed by atoms with van der Waals surface area (Å²) in [6, 6.07) is 7.32. The molecule has 100 valence electrons. The summed E-state index contributed by atoms with van der Waals surface area (Å²) < 4.78 is 0. The lowest BCUT2D eigenvalue weighted by Gasteiger charge is -2.07. The molecule has 0 aliphatic heterocycles. The Bertz CT molecular complexity index is 510. The molecule has 2 rings (SSSR count). The maximum Gasteiger partial charge on any atom is 0.261 e. The number of nitrogen functional groups attached to an aromatic ring is 1. The molecule has 0 fully saturated rings. The third kappa shape index (κ3) is 4.26. The molecule has 2 aromatic heterocycles. The molecule has 19 heavy (non-hydrogen) atoms. The van der Waals surface area contributed by atoms with E-state index in [0.29, 0.717) is 12.4 Å². The van der Waals surface area contributed by atoms with Crippen LogP contribution in [0.15, 0.2) is 35.8 Å². The van der Waals surface area contributed by atoms with Gasteiger partial charge >= 0.3 is 0 Å². The van der Waals surface area contributed by atoms with Crippen LogP contribution < -0.4 is 16.4 Å². The van der Waals surface area contributed by atoms with E-state index in [1.165, 1.54) is 11.3 Å². The van der Waals surface area contributed by atoms with Crippen molar-refractivity contribution in [3.63, 3.8) is 0 Å². The first-order valence-corrected chi connectivity index (χ1v) is 6.91. The van der Waals surface area contributed by atoms with Gasteiger partial charge in [0.25, 0.3) is 5.91 Å². The number of hydrogen-bond acceptors (Lipinski definition) is 5. The zero-order valence-corrected chi connectivity index (χ0v) is 11.2. The minimum Gasteiger partial charge on any atom is -0.384 e. The van der Waals surface area contributed by atoms with Crippen LogP contribution >= 0.6 is 11.3 Å². The quantitative estimate of drug-likeness (QED) is 0.705.